The quantitative estimate of drug-likeness (QED) is 0.141. The van der Waals surface area contributed by atoms with Gasteiger partial charge >= 0.3 is 0 Å². The zero-order chi connectivity index (χ0) is 48.0. The molecule has 0 aromatic heterocycles. The first kappa shape index (κ1) is 42.4. The predicted molar refractivity (Wildman–Crippen MR) is 308 cm³/mol. The van der Waals surface area contributed by atoms with Gasteiger partial charge < -0.3 is 14.7 Å². The minimum absolute atomic E-state index is 0.0526. The molecule has 3 nitrogen and oxygen atoms in total. The van der Waals surface area contributed by atoms with Gasteiger partial charge in [0.05, 0.1) is 0 Å². The van der Waals surface area contributed by atoms with Gasteiger partial charge in [-0.1, -0.05) is 182 Å². The lowest BCUT2D eigenvalue weighted by molar-refractivity contribution is 0.0900. The highest BCUT2D eigenvalue weighted by Crippen LogP contribution is 2.52. The van der Waals surface area contributed by atoms with Gasteiger partial charge in [-0.25, -0.2) is 0 Å². The van der Waals surface area contributed by atoms with Crippen LogP contribution in [0.1, 0.15) is 32.1 Å². The lowest BCUT2D eigenvalue weighted by Gasteiger charge is -2.57. The molecule has 4 fully saturated rings. The van der Waals surface area contributed by atoms with E-state index in [4.69, 9.17) is 0 Å². The van der Waals surface area contributed by atoms with Crippen molar-refractivity contribution in [1.29, 1.82) is 0 Å². The lowest BCUT2D eigenvalue weighted by Crippen LogP contribution is -2.61. The van der Waals surface area contributed by atoms with E-state index in [1.807, 2.05) is 0 Å². The van der Waals surface area contributed by atoms with Crippen molar-refractivity contribution >= 4 is 62.9 Å². The summed E-state index contributed by atoms with van der Waals surface area (Å²) >= 11 is 0. The Morgan fingerprint density at radius 2 is 0.603 bits per heavy atom. The molecular weight excluding hydrogens is 882 g/mol. The lowest BCUT2D eigenvalue weighted by atomic mass is 9.33. The molecular formula is C69H54BN3. The Morgan fingerprint density at radius 1 is 0.274 bits per heavy atom. The normalized spacial score (nSPS) is 18.8. The third-order valence-corrected chi connectivity index (χ3v) is 17.1. The van der Waals surface area contributed by atoms with E-state index < -0.39 is 0 Å². The van der Waals surface area contributed by atoms with Crippen LogP contribution in [0.5, 0.6) is 0 Å². The van der Waals surface area contributed by atoms with E-state index in [1.54, 1.807) is 0 Å². The highest BCUT2D eigenvalue weighted by atomic mass is 15.2. The molecule has 4 aliphatic heterocycles. The predicted octanol–water partition coefficient (Wildman–Crippen LogP) is 15.9. The second-order valence-corrected chi connectivity index (χ2v) is 21.3. The van der Waals surface area contributed by atoms with Crippen LogP contribution in [-0.4, -0.2) is 18.8 Å². The number of anilines is 7. The van der Waals surface area contributed by atoms with E-state index in [0.717, 1.165) is 23.2 Å². The van der Waals surface area contributed by atoms with Gasteiger partial charge in [-0.2, -0.15) is 0 Å². The van der Waals surface area contributed by atoms with Crippen LogP contribution in [0.25, 0.3) is 55.6 Å². The van der Waals surface area contributed by atoms with Crippen molar-refractivity contribution in [2.45, 2.75) is 44.2 Å². The van der Waals surface area contributed by atoms with Gasteiger partial charge in [0.15, 0.2) is 0 Å². The Kier molecular flexibility index (Phi) is 9.96. The third kappa shape index (κ3) is 7.18. The Bertz CT molecular complexity index is 3440. The first-order valence-corrected chi connectivity index (χ1v) is 26.5. The van der Waals surface area contributed by atoms with E-state index in [0.29, 0.717) is 12.1 Å². The van der Waals surface area contributed by atoms with Crippen molar-refractivity contribution in [3.8, 4) is 55.6 Å². The molecule has 0 radical (unpaired) electrons. The van der Waals surface area contributed by atoms with E-state index in [9.17, 15) is 0 Å². The molecule has 2 aliphatic carbocycles. The van der Waals surface area contributed by atoms with Crippen molar-refractivity contribution < 1.29 is 0 Å². The largest absolute Gasteiger partial charge is 0.366 e. The summed E-state index contributed by atoms with van der Waals surface area (Å²) in [5.41, 5.74) is 24.6. The molecule has 0 unspecified atom stereocenters. The Hall–Kier alpha value is -8.34. The van der Waals surface area contributed by atoms with Crippen molar-refractivity contribution in [2.75, 3.05) is 14.7 Å². The Balaban J connectivity index is 0.969. The molecule has 4 bridgehead atoms. The minimum atomic E-state index is -0.0526. The second kappa shape index (κ2) is 17.2. The summed E-state index contributed by atoms with van der Waals surface area (Å²) in [6, 6.07) is 92.3. The van der Waals surface area contributed by atoms with Crippen LogP contribution >= 0.6 is 0 Å². The smallest absolute Gasteiger partial charge is 0.252 e. The van der Waals surface area contributed by atoms with Gasteiger partial charge in [0, 0.05) is 51.9 Å². The first-order valence-electron chi connectivity index (χ1n) is 26.5. The van der Waals surface area contributed by atoms with Crippen LogP contribution in [0.3, 0.4) is 0 Å². The van der Waals surface area contributed by atoms with Crippen LogP contribution in [-0.2, 0) is 0 Å². The maximum Gasteiger partial charge on any atom is 0.252 e. The molecule has 73 heavy (non-hydrogen) atoms. The summed E-state index contributed by atoms with van der Waals surface area (Å²) in [4.78, 5) is 7.95. The van der Waals surface area contributed by atoms with Gasteiger partial charge in [0.1, 0.15) is 0 Å². The number of piperidine rings is 2. The molecule has 10 aromatic carbocycles. The number of benzene rings is 10. The van der Waals surface area contributed by atoms with Gasteiger partial charge in [-0.05, 0) is 177 Å². The maximum atomic E-state index is 2.82. The molecule has 4 heterocycles. The summed E-state index contributed by atoms with van der Waals surface area (Å²) in [5, 5.41) is 0. The molecule has 0 amide bonds. The van der Waals surface area contributed by atoms with Crippen LogP contribution in [0.4, 0.5) is 39.8 Å². The molecule has 2 saturated heterocycles. The molecule has 16 rings (SSSR count). The number of rotatable bonds is 8. The maximum absolute atomic E-state index is 2.82. The Labute approximate surface area is 429 Å². The highest BCUT2D eigenvalue weighted by molar-refractivity contribution is 7.00. The zero-order valence-corrected chi connectivity index (χ0v) is 40.9. The van der Waals surface area contributed by atoms with Crippen LogP contribution in [0, 0.1) is 11.8 Å². The van der Waals surface area contributed by atoms with Gasteiger partial charge in [-0.15, -0.1) is 0 Å². The van der Waals surface area contributed by atoms with E-state index in [1.165, 1.54) is 133 Å². The van der Waals surface area contributed by atoms with Crippen LogP contribution in [0.2, 0.25) is 0 Å². The van der Waals surface area contributed by atoms with E-state index in [-0.39, 0.29) is 6.71 Å². The molecule has 0 atom stereocenters. The van der Waals surface area contributed by atoms with Gasteiger partial charge in [0.2, 0.25) is 0 Å². The third-order valence-electron chi connectivity index (χ3n) is 17.1. The topological polar surface area (TPSA) is 9.72 Å². The van der Waals surface area contributed by atoms with Crippen molar-refractivity contribution in [3.63, 3.8) is 0 Å². The van der Waals surface area contributed by atoms with E-state index >= 15 is 0 Å². The van der Waals surface area contributed by atoms with Crippen LogP contribution in [0.15, 0.2) is 243 Å². The summed E-state index contributed by atoms with van der Waals surface area (Å²) in [5.74, 6) is 1.85. The molecule has 2 saturated carbocycles. The summed E-state index contributed by atoms with van der Waals surface area (Å²) in [6.07, 6.45) is 6.89. The number of nitrogens with zero attached hydrogens (tertiary/aromatic N) is 3. The number of fused-ring (bicyclic) bond motifs is 4. The molecule has 0 spiro atoms. The highest BCUT2D eigenvalue weighted by Gasteiger charge is 2.47. The van der Waals surface area contributed by atoms with Gasteiger partial charge in [0.25, 0.3) is 6.71 Å². The molecule has 4 heteroatoms. The average molecular weight is 936 g/mol. The van der Waals surface area contributed by atoms with Crippen molar-refractivity contribution in [2.24, 2.45) is 11.8 Å². The summed E-state index contributed by atoms with van der Waals surface area (Å²) < 4.78 is 0. The molecule has 348 valence electrons. The molecule has 10 aromatic rings. The molecule has 0 N–H and O–H groups in total. The van der Waals surface area contributed by atoms with Gasteiger partial charge in [-0.3, -0.25) is 0 Å². The van der Waals surface area contributed by atoms with E-state index in [2.05, 4.69) is 257 Å². The number of hydrogen-bond donors (Lipinski definition) is 0. The Morgan fingerprint density at radius 3 is 1.00 bits per heavy atom. The molecule has 6 aliphatic rings. The second-order valence-electron chi connectivity index (χ2n) is 21.3. The average Bonchev–Trinajstić information content (AvgIpc) is 3.45. The minimum Gasteiger partial charge on any atom is -0.366 e. The SMILES string of the molecule is c1ccc(-c2ccc(N3c4ccc(-c5ccccc5)cc4B4c5cc(-c6ccccc6)ccc5N(c5ccc(-c6ccccc6)cc5)c5cc(-c6ccc(N7C8CC9CC(C8)CC7C9)cc6)cc3c54)cc2)cc1. The van der Waals surface area contributed by atoms with Crippen LogP contribution < -0.4 is 31.1 Å². The monoisotopic (exact) mass is 935 g/mol. The zero-order valence-electron chi connectivity index (χ0n) is 40.9. The number of hydrogen-bond acceptors (Lipinski definition) is 3. The van der Waals surface area contributed by atoms with Crippen molar-refractivity contribution in [3.05, 3.63) is 243 Å². The first-order chi connectivity index (χ1) is 36.1. The van der Waals surface area contributed by atoms with Crippen molar-refractivity contribution in [1.82, 2.24) is 0 Å². The fraction of sp³-hybridized carbons (Fsp3) is 0.130. The summed E-state index contributed by atoms with van der Waals surface area (Å²) in [6.45, 7) is -0.0526. The fourth-order valence-corrected chi connectivity index (χ4v) is 14.0. The summed E-state index contributed by atoms with van der Waals surface area (Å²) in [7, 11) is 0. The standard InChI is InChI=1S/C69H54BN3/c1-5-13-48(14-6-1)52-21-31-59(32-22-52)72-65-35-27-55(50-17-9-3-10-18-50)42-63(65)70-64-43-56(51-19-11-4-12-20-51)28-36-66(64)73(60-33-23-53(24-34-60)49-15-7-2-8-16-49)68-45-57(44-67(72)69(68)70)54-25-29-58(30-26-54)71-61-38-46-37-47(40-61)41-62(71)39-46/h1-36,42-47,61-62H,37-41H2. The fourth-order valence-electron chi connectivity index (χ4n) is 14.0.